The highest BCUT2D eigenvalue weighted by atomic mass is 16.5. The zero-order valence-corrected chi connectivity index (χ0v) is 20.9. The standard InChI is InChI=1S/C30H29N3O5/c34-21-9-8-18-13-22-30(37)14-19(28(36)32-20-5-1-3-17-4-2-11-31-24(17)20)25(35)27-29(30,23(18)26(21)38-27)10-12-33(22)15-16-6-7-16/h1-5,8-9,11,16,19,22,27,34,37H,6-7,10,12-15H2,(H,32,36)/t19?,22-,27+,29+,30-/m1/s1. The summed E-state index contributed by atoms with van der Waals surface area (Å²) >= 11 is 0. The average Bonchev–Trinajstić information content (AvgIpc) is 3.66. The number of phenolic OH excluding ortho intramolecular Hbond substituents is 1. The summed E-state index contributed by atoms with van der Waals surface area (Å²) in [6.45, 7) is 1.67. The molecule has 5 atom stereocenters. The molecule has 5 aliphatic rings. The minimum Gasteiger partial charge on any atom is -0.504 e. The summed E-state index contributed by atoms with van der Waals surface area (Å²) in [6.07, 6.45) is 4.23. The number of ether oxygens (including phenoxy) is 1. The maximum atomic E-state index is 14.1. The summed E-state index contributed by atoms with van der Waals surface area (Å²) in [7, 11) is 0. The van der Waals surface area contributed by atoms with Gasteiger partial charge in [-0.3, -0.25) is 19.5 Å². The lowest BCUT2D eigenvalue weighted by molar-refractivity contribution is -0.197. The molecular weight excluding hydrogens is 482 g/mol. The van der Waals surface area contributed by atoms with E-state index in [1.165, 1.54) is 12.8 Å². The van der Waals surface area contributed by atoms with E-state index in [2.05, 4.69) is 15.2 Å². The summed E-state index contributed by atoms with van der Waals surface area (Å²) in [5.41, 5.74) is 0.664. The molecule has 8 heteroatoms. The molecule has 38 heavy (non-hydrogen) atoms. The smallest absolute Gasteiger partial charge is 0.235 e. The van der Waals surface area contributed by atoms with E-state index >= 15 is 0 Å². The summed E-state index contributed by atoms with van der Waals surface area (Å²) in [5, 5.41) is 27.3. The van der Waals surface area contributed by atoms with Crippen LogP contribution in [0.4, 0.5) is 5.69 Å². The van der Waals surface area contributed by atoms with Gasteiger partial charge in [0.05, 0.1) is 22.2 Å². The van der Waals surface area contributed by atoms with Crippen LogP contribution in [0.15, 0.2) is 48.7 Å². The molecule has 1 saturated heterocycles. The number of nitrogens with one attached hydrogen (secondary N) is 1. The molecule has 1 unspecified atom stereocenters. The Bertz CT molecular complexity index is 1530. The van der Waals surface area contributed by atoms with Gasteiger partial charge < -0.3 is 20.3 Å². The molecule has 8 rings (SSSR count). The minimum absolute atomic E-state index is 0.0237. The number of aliphatic hydroxyl groups is 1. The first kappa shape index (κ1) is 22.5. The molecule has 2 bridgehead atoms. The Labute approximate surface area is 219 Å². The largest absolute Gasteiger partial charge is 0.504 e. The Morgan fingerprint density at radius 2 is 2.03 bits per heavy atom. The highest BCUT2D eigenvalue weighted by Crippen LogP contribution is 2.65. The van der Waals surface area contributed by atoms with E-state index in [9.17, 15) is 19.8 Å². The third kappa shape index (κ3) is 2.79. The fourth-order valence-electron chi connectivity index (χ4n) is 7.95. The molecule has 194 valence electrons. The van der Waals surface area contributed by atoms with Gasteiger partial charge in [0.15, 0.2) is 23.4 Å². The lowest BCUT2D eigenvalue weighted by atomic mass is 9.47. The number of carbonyl (C=O) groups is 2. The third-order valence-electron chi connectivity index (χ3n) is 9.84. The number of rotatable bonds is 4. The predicted molar refractivity (Wildman–Crippen MR) is 139 cm³/mol. The minimum atomic E-state index is -1.34. The van der Waals surface area contributed by atoms with Gasteiger partial charge in [-0.15, -0.1) is 0 Å². The number of Topliss-reactive ketones (excluding diaryl/α,β-unsaturated/α-hetero) is 1. The first-order chi connectivity index (χ1) is 18.4. The van der Waals surface area contributed by atoms with Gasteiger partial charge in [0.1, 0.15) is 5.92 Å². The number of phenols is 1. The molecule has 2 aromatic carbocycles. The number of hydrogen-bond acceptors (Lipinski definition) is 7. The van der Waals surface area contributed by atoms with Crippen LogP contribution in [0.5, 0.6) is 11.5 Å². The molecule has 3 N–H and O–H groups in total. The predicted octanol–water partition coefficient (Wildman–Crippen LogP) is 2.94. The summed E-state index contributed by atoms with van der Waals surface area (Å²) in [4.78, 5) is 34.6. The van der Waals surface area contributed by atoms with E-state index < -0.39 is 28.9 Å². The highest BCUT2D eigenvalue weighted by Gasteiger charge is 2.75. The number of ketones is 1. The number of piperidine rings is 1. The van der Waals surface area contributed by atoms with Crippen LogP contribution in [-0.4, -0.2) is 62.6 Å². The van der Waals surface area contributed by atoms with Gasteiger partial charge in [-0.1, -0.05) is 24.3 Å². The first-order valence-corrected chi connectivity index (χ1v) is 13.6. The van der Waals surface area contributed by atoms with Crippen LogP contribution >= 0.6 is 0 Å². The van der Waals surface area contributed by atoms with Crippen molar-refractivity contribution in [3.05, 3.63) is 59.8 Å². The summed E-state index contributed by atoms with van der Waals surface area (Å²) in [6, 6.07) is 12.6. The van der Waals surface area contributed by atoms with Gasteiger partial charge in [0, 0.05) is 29.7 Å². The van der Waals surface area contributed by atoms with Crippen molar-refractivity contribution < 1.29 is 24.5 Å². The van der Waals surface area contributed by atoms with Crippen molar-refractivity contribution in [2.45, 2.75) is 55.3 Å². The molecule has 8 nitrogen and oxygen atoms in total. The zero-order chi connectivity index (χ0) is 25.8. The molecule has 3 aliphatic carbocycles. The second kappa shape index (κ2) is 7.55. The number of hydrogen-bond donors (Lipinski definition) is 3. The number of para-hydroxylation sites is 1. The fourth-order valence-corrected chi connectivity index (χ4v) is 7.95. The normalized spacial score (nSPS) is 33.1. The Morgan fingerprint density at radius 3 is 2.87 bits per heavy atom. The van der Waals surface area contributed by atoms with E-state index in [-0.39, 0.29) is 24.0 Å². The number of benzene rings is 2. The Balaban J connectivity index is 1.22. The van der Waals surface area contributed by atoms with Crippen LogP contribution in [-0.2, 0) is 21.4 Å². The van der Waals surface area contributed by atoms with Crippen LogP contribution in [0.25, 0.3) is 10.9 Å². The molecule has 1 spiro atoms. The van der Waals surface area contributed by atoms with E-state index in [1.54, 1.807) is 18.3 Å². The molecule has 2 saturated carbocycles. The maximum absolute atomic E-state index is 14.1. The highest BCUT2D eigenvalue weighted by molar-refractivity contribution is 6.12. The number of anilines is 1. The van der Waals surface area contributed by atoms with Crippen LogP contribution in [0.1, 0.15) is 36.8 Å². The average molecular weight is 512 g/mol. The lowest BCUT2D eigenvalue weighted by Crippen LogP contribution is -2.78. The van der Waals surface area contributed by atoms with E-state index in [1.807, 2.05) is 30.3 Å². The number of aromatic nitrogens is 1. The Kier molecular flexibility index (Phi) is 4.47. The van der Waals surface area contributed by atoms with Crippen LogP contribution < -0.4 is 10.1 Å². The van der Waals surface area contributed by atoms with Crippen molar-refractivity contribution >= 4 is 28.3 Å². The summed E-state index contributed by atoms with van der Waals surface area (Å²) in [5.74, 6) is -0.963. The number of nitrogens with zero attached hydrogens (tertiary/aromatic N) is 2. The summed E-state index contributed by atoms with van der Waals surface area (Å²) < 4.78 is 6.25. The molecule has 3 heterocycles. The number of aromatic hydroxyl groups is 1. The van der Waals surface area contributed by atoms with Gasteiger partial charge in [-0.05, 0) is 68.3 Å². The van der Waals surface area contributed by atoms with Crippen molar-refractivity contribution in [2.75, 3.05) is 18.4 Å². The second-order valence-electron chi connectivity index (χ2n) is 11.8. The van der Waals surface area contributed by atoms with Crippen LogP contribution in [0.2, 0.25) is 0 Å². The van der Waals surface area contributed by atoms with Gasteiger partial charge in [-0.25, -0.2) is 0 Å². The molecule has 2 aliphatic heterocycles. The van der Waals surface area contributed by atoms with Crippen molar-refractivity contribution in [1.29, 1.82) is 0 Å². The van der Waals surface area contributed by atoms with Crippen LogP contribution in [0.3, 0.4) is 0 Å². The molecule has 1 aromatic heterocycles. The van der Waals surface area contributed by atoms with E-state index in [0.29, 0.717) is 35.7 Å². The van der Waals surface area contributed by atoms with Crippen LogP contribution in [0, 0.1) is 11.8 Å². The van der Waals surface area contributed by atoms with E-state index in [4.69, 9.17) is 4.74 Å². The number of pyridine rings is 1. The monoisotopic (exact) mass is 511 g/mol. The van der Waals surface area contributed by atoms with Crippen molar-refractivity contribution in [3.63, 3.8) is 0 Å². The molecular formula is C30H29N3O5. The molecule has 3 aromatic rings. The lowest BCUT2D eigenvalue weighted by Gasteiger charge is -2.63. The number of carbonyl (C=O) groups excluding carboxylic acids is 2. The first-order valence-electron chi connectivity index (χ1n) is 13.6. The van der Waals surface area contributed by atoms with Gasteiger partial charge in [-0.2, -0.15) is 0 Å². The van der Waals surface area contributed by atoms with E-state index in [0.717, 1.165) is 29.6 Å². The van der Waals surface area contributed by atoms with Gasteiger partial charge >= 0.3 is 0 Å². The number of amides is 1. The second-order valence-corrected chi connectivity index (χ2v) is 11.8. The molecule has 3 fully saturated rings. The fraction of sp³-hybridized carbons (Fsp3) is 0.433. The van der Waals surface area contributed by atoms with Crippen molar-refractivity contribution in [1.82, 2.24) is 9.88 Å². The van der Waals surface area contributed by atoms with Crippen molar-refractivity contribution in [2.24, 2.45) is 11.8 Å². The Hall–Kier alpha value is -3.49. The molecule has 1 amide bonds. The SMILES string of the molecule is O=C(Nc1cccc2cccnc12)C1C[C@@]2(O)[C@H]3Cc4ccc(O)c5c4[C@@]2(CCN3CC2CC2)[C@@H](O5)C1=O. The van der Waals surface area contributed by atoms with Gasteiger partial charge in [0.25, 0.3) is 0 Å². The maximum Gasteiger partial charge on any atom is 0.235 e. The number of fused-ring (bicyclic) bond motifs is 1. The number of likely N-dealkylation sites (tertiary alicyclic amines) is 1. The zero-order valence-electron chi connectivity index (χ0n) is 20.9. The quantitative estimate of drug-likeness (QED) is 0.462. The Morgan fingerprint density at radius 1 is 1.18 bits per heavy atom. The molecule has 0 radical (unpaired) electrons. The topological polar surface area (TPSA) is 112 Å². The van der Waals surface area contributed by atoms with Gasteiger partial charge in [0.2, 0.25) is 5.91 Å². The third-order valence-corrected chi connectivity index (χ3v) is 9.84. The van der Waals surface area contributed by atoms with Crippen molar-refractivity contribution in [3.8, 4) is 11.5 Å².